The SMILES string of the molecule is O=C(C=Cc1cc(Cl)c2c(c1)OCCO2)N1CCCC1c1ccc2c(c1)OCCO2. The fourth-order valence-corrected chi connectivity index (χ4v) is 4.41. The van der Waals surface area contributed by atoms with E-state index in [1.54, 1.807) is 18.2 Å². The van der Waals surface area contributed by atoms with Gasteiger partial charge in [-0.2, -0.15) is 0 Å². The summed E-state index contributed by atoms with van der Waals surface area (Å²) in [4.78, 5) is 14.9. The van der Waals surface area contributed by atoms with E-state index in [0.717, 1.165) is 42.0 Å². The topological polar surface area (TPSA) is 57.2 Å². The van der Waals surface area contributed by atoms with E-state index in [0.29, 0.717) is 42.9 Å². The van der Waals surface area contributed by atoms with Crippen LogP contribution < -0.4 is 18.9 Å². The zero-order valence-electron chi connectivity index (χ0n) is 16.4. The van der Waals surface area contributed by atoms with Crippen molar-refractivity contribution in [3.05, 3.63) is 52.6 Å². The maximum atomic E-state index is 13.0. The van der Waals surface area contributed by atoms with Gasteiger partial charge in [0.25, 0.3) is 0 Å². The van der Waals surface area contributed by atoms with Gasteiger partial charge in [-0.05, 0) is 54.3 Å². The summed E-state index contributed by atoms with van der Waals surface area (Å²) < 4.78 is 22.5. The molecule has 3 heterocycles. The lowest BCUT2D eigenvalue weighted by molar-refractivity contribution is -0.126. The number of hydrogen-bond donors (Lipinski definition) is 0. The molecular weight excluding hydrogens is 406 g/mol. The van der Waals surface area contributed by atoms with E-state index in [1.165, 1.54) is 0 Å². The second kappa shape index (κ2) is 8.11. The Balaban J connectivity index is 1.34. The van der Waals surface area contributed by atoms with Crippen molar-refractivity contribution in [2.75, 3.05) is 33.0 Å². The third kappa shape index (κ3) is 3.67. The van der Waals surface area contributed by atoms with E-state index >= 15 is 0 Å². The number of fused-ring (bicyclic) bond motifs is 2. The molecule has 0 aromatic heterocycles. The Morgan fingerprint density at radius 3 is 2.60 bits per heavy atom. The smallest absolute Gasteiger partial charge is 0.247 e. The molecule has 2 aromatic carbocycles. The number of halogens is 1. The highest BCUT2D eigenvalue weighted by Crippen LogP contribution is 2.40. The third-order valence-corrected chi connectivity index (χ3v) is 5.81. The lowest BCUT2D eigenvalue weighted by Gasteiger charge is -2.26. The molecule has 0 bridgehead atoms. The molecule has 1 saturated heterocycles. The number of rotatable bonds is 3. The number of ether oxygens (including phenoxy) is 4. The van der Waals surface area contributed by atoms with Gasteiger partial charge >= 0.3 is 0 Å². The van der Waals surface area contributed by atoms with Crippen molar-refractivity contribution >= 4 is 23.6 Å². The van der Waals surface area contributed by atoms with E-state index in [1.807, 2.05) is 29.2 Å². The first-order chi connectivity index (χ1) is 14.7. The molecule has 3 aliphatic rings. The zero-order chi connectivity index (χ0) is 20.5. The van der Waals surface area contributed by atoms with Crippen molar-refractivity contribution in [1.82, 2.24) is 4.90 Å². The van der Waals surface area contributed by atoms with E-state index in [4.69, 9.17) is 30.5 Å². The predicted octanol–water partition coefficient (Wildman–Crippen LogP) is 4.26. The number of hydrogen-bond acceptors (Lipinski definition) is 5. The van der Waals surface area contributed by atoms with Crippen LogP contribution in [0.25, 0.3) is 6.08 Å². The van der Waals surface area contributed by atoms with Gasteiger partial charge in [0, 0.05) is 12.6 Å². The Labute approximate surface area is 179 Å². The molecule has 2 aromatic rings. The van der Waals surface area contributed by atoms with Gasteiger partial charge in [0.1, 0.15) is 26.4 Å². The van der Waals surface area contributed by atoms with Gasteiger partial charge in [-0.1, -0.05) is 17.7 Å². The summed E-state index contributed by atoms with van der Waals surface area (Å²) in [6.07, 6.45) is 5.26. The quantitative estimate of drug-likeness (QED) is 0.685. The van der Waals surface area contributed by atoms with Gasteiger partial charge in [-0.15, -0.1) is 0 Å². The van der Waals surface area contributed by atoms with Crippen LogP contribution in [0.15, 0.2) is 36.4 Å². The van der Waals surface area contributed by atoms with Crippen LogP contribution in [0.3, 0.4) is 0 Å². The van der Waals surface area contributed by atoms with Gasteiger partial charge in [0.15, 0.2) is 23.0 Å². The summed E-state index contributed by atoms with van der Waals surface area (Å²) >= 11 is 6.29. The lowest BCUT2D eigenvalue weighted by atomic mass is 10.0. The van der Waals surface area contributed by atoms with E-state index in [9.17, 15) is 4.79 Å². The second-order valence-corrected chi connectivity index (χ2v) is 7.86. The van der Waals surface area contributed by atoms with Crippen LogP contribution in [0.5, 0.6) is 23.0 Å². The first-order valence-electron chi connectivity index (χ1n) is 10.2. The number of nitrogens with zero attached hydrogens (tertiary/aromatic N) is 1. The standard InChI is InChI=1S/C23H22ClNO5/c24-17-12-15(13-21-23(17)30-11-10-29-21)3-6-22(26)25-7-1-2-18(25)16-4-5-19-20(14-16)28-9-8-27-19/h3-6,12-14,18H,1-2,7-11H2. The maximum Gasteiger partial charge on any atom is 0.247 e. The summed E-state index contributed by atoms with van der Waals surface area (Å²) in [7, 11) is 0. The first kappa shape index (κ1) is 19.1. The molecule has 6 nitrogen and oxygen atoms in total. The van der Waals surface area contributed by atoms with Crippen molar-refractivity contribution in [2.45, 2.75) is 18.9 Å². The van der Waals surface area contributed by atoms with E-state index in [-0.39, 0.29) is 11.9 Å². The van der Waals surface area contributed by atoms with Crippen molar-refractivity contribution in [2.24, 2.45) is 0 Å². The van der Waals surface area contributed by atoms with Crippen LogP contribution in [0.1, 0.15) is 30.0 Å². The molecule has 3 aliphatic heterocycles. The van der Waals surface area contributed by atoms with Gasteiger partial charge in [-0.25, -0.2) is 0 Å². The molecule has 0 N–H and O–H groups in total. The molecule has 0 radical (unpaired) electrons. The molecule has 30 heavy (non-hydrogen) atoms. The minimum Gasteiger partial charge on any atom is -0.486 e. The summed E-state index contributed by atoms with van der Waals surface area (Å²) in [6.45, 7) is 2.81. The van der Waals surface area contributed by atoms with Gasteiger partial charge in [-0.3, -0.25) is 4.79 Å². The van der Waals surface area contributed by atoms with Crippen molar-refractivity contribution < 1.29 is 23.7 Å². The summed E-state index contributed by atoms with van der Waals surface area (Å²) in [6, 6.07) is 9.59. The average molecular weight is 428 g/mol. The fraction of sp³-hybridized carbons (Fsp3) is 0.348. The highest BCUT2D eigenvalue weighted by molar-refractivity contribution is 6.32. The van der Waals surface area contributed by atoms with Crippen LogP contribution in [0.4, 0.5) is 0 Å². The Morgan fingerprint density at radius 2 is 1.73 bits per heavy atom. The molecule has 1 atom stereocenters. The Morgan fingerprint density at radius 1 is 0.967 bits per heavy atom. The minimum absolute atomic E-state index is 0.0293. The lowest BCUT2D eigenvalue weighted by Crippen LogP contribution is -2.29. The van der Waals surface area contributed by atoms with Gasteiger partial charge in [0.2, 0.25) is 5.91 Å². The van der Waals surface area contributed by atoms with Crippen molar-refractivity contribution in [3.8, 4) is 23.0 Å². The Bertz CT molecular complexity index is 1010. The zero-order valence-corrected chi connectivity index (χ0v) is 17.2. The maximum absolute atomic E-state index is 13.0. The predicted molar refractivity (Wildman–Crippen MR) is 113 cm³/mol. The monoisotopic (exact) mass is 427 g/mol. The first-order valence-corrected chi connectivity index (χ1v) is 10.5. The molecule has 0 saturated carbocycles. The fourth-order valence-electron chi connectivity index (χ4n) is 4.13. The minimum atomic E-state index is -0.0293. The van der Waals surface area contributed by atoms with Gasteiger partial charge < -0.3 is 23.8 Å². The summed E-state index contributed by atoms with van der Waals surface area (Å²) in [5.41, 5.74) is 1.87. The number of carbonyl (C=O) groups excluding carboxylic acids is 1. The average Bonchev–Trinajstić information content (AvgIpc) is 3.27. The second-order valence-electron chi connectivity index (χ2n) is 7.45. The largest absolute Gasteiger partial charge is 0.486 e. The molecule has 5 rings (SSSR count). The van der Waals surface area contributed by atoms with Crippen LogP contribution in [-0.2, 0) is 4.79 Å². The molecular formula is C23H22ClNO5. The van der Waals surface area contributed by atoms with Crippen LogP contribution in [-0.4, -0.2) is 43.8 Å². The Hall–Kier alpha value is -2.86. The molecule has 1 unspecified atom stereocenters. The Kier molecular flexibility index (Phi) is 5.17. The van der Waals surface area contributed by atoms with Crippen LogP contribution in [0.2, 0.25) is 5.02 Å². The molecule has 156 valence electrons. The van der Waals surface area contributed by atoms with Crippen molar-refractivity contribution in [1.29, 1.82) is 0 Å². The molecule has 0 spiro atoms. The number of amides is 1. The number of likely N-dealkylation sites (tertiary alicyclic amines) is 1. The van der Waals surface area contributed by atoms with E-state index in [2.05, 4.69) is 0 Å². The molecule has 0 aliphatic carbocycles. The van der Waals surface area contributed by atoms with Gasteiger partial charge in [0.05, 0.1) is 11.1 Å². The summed E-state index contributed by atoms with van der Waals surface area (Å²) in [5, 5.41) is 0.481. The third-order valence-electron chi connectivity index (χ3n) is 5.52. The number of benzene rings is 2. The highest BCUT2D eigenvalue weighted by atomic mass is 35.5. The van der Waals surface area contributed by atoms with Crippen LogP contribution in [0, 0.1) is 0 Å². The summed E-state index contributed by atoms with van der Waals surface area (Å²) in [5.74, 6) is 2.65. The molecule has 7 heteroatoms. The normalized spacial score (nSPS) is 19.9. The molecule has 1 fully saturated rings. The molecule has 1 amide bonds. The highest BCUT2D eigenvalue weighted by Gasteiger charge is 2.30. The van der Waals surface area contributed by atoms with Crippen molar-refractivity contribution in [3.63, 3.8) is 0 Å². The number of carbonyl (C=O) groups is 1. The van der Waals surface area contributed by atoms with Crippen LogP contribution >= 0.6 is 11.6 Å². The van der Waals surface area contributed by atoms with E-state index < -0.39 is 0 Å².